The molecule has 2 aromatic carbocycles. The van der Waals surface area contributed by atoms with Crippen LogP contribution in [0.15, 0.2) is 42.5 Å². The minimum Gasteiger partial charge on any atom is -0.290 e. The van der Waals surface area contributed by atoms with E-state index in [1.54, 1.807) is 12.1 Å². The van der Waals surface area contributed by atoms with Crippen molar-refractivity contribution in [1.29, 1.82) is 0 Å². The molecule has 1 amide bonds. The van der Waals surface area contributed by atoms with Crippen molar-refractivity contribution in [1.82, 2.24) is 5.43 Å². The summed E-state index contributed by atoms with van der Waals surface area (Å²) >= 11 is 0. The highest BCUT2D eigenvalue weighted by atomic mass is 19.1. The van der Waals surface area contributed by atoms with Gasteiger partial charge in [0.15, 0.2) is 0 Å². The second-order valence-electron chi connectivity index (χ2n) is 5.02. The van der Waals surface area contributed by atoms with Crippen molar-refractivity contribution in [2.45, 2.75) is 18.8 Å². The van der Waals surface area contributed by atoms with Crippen LogP contribution in [0.2, 0.25) is 0 Å². The molecule has 4 heteroatoms. The lowest BCUT2D eigenvalue weighted by Gasteiger charge is -2.13. The first-order valence-corrected chi connectivity index (χ1v) is 6.60. The molecule has 102 valence electrons. The van der Waals surface area contributed by atoms with Crippen molar-refractivity contribution >= 4 is 5.91 Å². The summed E-state index contributed by atoms with van der Waals surface area (Å²) in [4.78, 5) is 12.1. The van der Waals surface area contributed by atoms with Crippen molar-refractivity contribution < 1.29 is 9.18 Å². The number of nitrogen functional groups attached to an aromatic ring is 1. The fourth-order valence-corrected chi connectivity index (χ4v) is 2.50. The Morgan fingerprint density at radius 3 is 2.45 bits per heavy atom. The van der Waals surface area contributed by atoms with E-state index in [-0.39, 0.29) is 11.7 Å². The van der Waals surface area contributed by atoms with Crippen LogP contribution in [0.5, 0.6) is 0 Å². The van der Waals surface area contributed by atoms with Crippen LogP contribution in [-0.4, -0.2) is 5.91 Å². The van der Waals surface area contributed by atoms with Crippen LogP contribution in [0.1, 0.15) is 34.7 Å². The highest BCUT2D eigenvalue weighted by Crippen LogP contribution is 2.43. The lowest BCUT2D eigenvalue weighted by molar-refractivity contribution is 0.0953. The van der Waals surface area contributed by atoms with Gasteiger partial charge in [0.25, 0.3) is 5.91 Å². The highest BCUT2D eigenvalue weighted by Gasteiger charge is 2.29. The molecule has 20 heavy (non-hydrogen) atoms. The van der Waals surface area contributed by atoms with Gasteiger partial charge in [-0.1, -0.05) is 30.3 Å². The maximum Gasteiger partial charge on any atom is 0.266 e. The van der Waals surface area contributed by atoms with Crippen LogP contribution < -0.4 is 11.3 Å². The summed E-state index contributed by atoms with van der Waals surface area (Å²) in [6.07, 6.45) is 2.19. The van der Waals surface area contributed by atoms with E-state index in [1.165, 1.54) is 12.1 Å². The number of nitrogens with two attached hydrogens (primary N) is 1. The Morgan fingerprint density at radius 1 is 1.15 bits per heavy atom. The van der Waals surface area contributed by atoms with Gasteiger partial charge in [-0.2, -0.15) is 0 Å². The zero-order valence-corrected chi connectivity index (χ0v) is 10.9. The molecule has 1 aliphatic carbocycles. The minimum atomic E-state index is -0.299. The third-order valence-corrected chi connectivity index (χ3v) is 3.63. The lowest BCUT2D eigenvalue weighted by Crippen LogP contribution is -2.31. The van der Waals surface area contributed by atoms with Gasteiger partial charge in [0, 0.05) is 0 Å². The van der Waals surface area contributed by atoms with E-state index >= 15 is 0 Å². The van der Waals surface area contributed by atoms with Crippen molar-refractivity contribution in [3.05, 3.63) is 59.4 Å². The van der Waals surface area contributed by atoms with Gasteiger partial charge in [0.05, 0.1) is 5.56 Å². The van der Waals surface area contributed by atoms with Crippen LogP contribution in [0, 0.1) is 5.82 Å². The molecule has 3 nitrogen and oxygen atoms in total. The van der Waals surface area contributed by atoms with Crippen molar-refractivity contribution in [2.75, 3.05) is 0 Å². The molecule has 0 saturated heterocycles. The fourth-order valence-electron chi connectivity index (χ4n) is 2.50. The van der Waals surface area contributed by atoms with Gasteiger partial charge in [-0.3, -0.25) is 10.2 Å². The molecule has 0 heterocycles. The number of hydrogen-bond donors (Lipinski definition) is 2. The van der Waals surface area contributed by atoms with Crippen LogP contribution in [-0.2, 0) is 0 Å². The number of nitrogens with one attached hydrogen (secondary N) is 1. The molecule has 0 bridgehead atoms. The molecule has 0 unspecified atom stereocenters. The predicted octanol–water partition coefficient (Wildman–Crippen LogP) is 2.97. The van der Waals surface area contributed by atoms with Gasteiger partial charge in [0.1, 0.15) is 5.82 Å². The standard InChI is InChI=1S/C16H15FN2O/c17-12-8-6-11(7-9-12)14-3-1-2-13(10-4-5-10)15(14)16(20)19-18/h1-3,6-10H,4-5,18H2,(H,19,20). The van der Waals surface area contributed by atoms with E-state index in [9.17, 15) is 9.18 Å². The molecule has 1 aliphatic rings. The first kappa shape index (κ1) is 12.8. The predicted molar refractivity (Wildman–Crippen MR) is 75.5 cm³/mol. The Balaban J connectivity index is 2.16. The summed E-state index contributed by atoms with van der Waals surface area (Å²) in [5.74, 6) is 5.14. The smallest absolute Gasteiger partial charge is 0.266 e. The zero-order valence-electron chi connectivity index (χ0n) is 10.9. The van der Waals surface area contributed by atoms with Crippen LogP contribution in [0.4, 0.5) is 4.39 Å². The zero-order chi connectivity index (χ0) is 14.1. The first-order chi connectivity index (χ1) is 9.70. The number of halogens is 1. The van der Waals surface area contributed by atoms with Gasteiger partial charge in [0.2, 0.25) is 0 Å². The van der Waals surface area contributed by atoms with E-state index in [1.807, 2.05) is 18.2 Å². The summed E-state index contributed by atoms with van der Waals surface area (Å²) in [5.41, 5.74) is 5.44. The van der Waals surface area contributed by atoms with Gasteiger partial charge in [-0.25, -0.2) is 10.2 Å². The molecule has 1 saturated carbocycles. The molecule has 2 aromatic rings. The number of hydrogen-bond acceptors (Lipinski definition) is 2. The number of amides is 1. The van der Waals surface area contributed by atoms with E-state index in [4.69, 9.17) is 5.84 Å². The van der Waals surface area contributed by atoms with Crippen molar-refractivity contribution in [3.63, 3.8) is 0 Å². The van der Waals surface area contributed by atoms with E-state index in [2.05, 4.69) is 5.43 Å². The van der Waals surface area contributed by atoms with Crippen LogP contribution in [0.25, 0.3) is 11.1 Å². The summed E-state index contributed by atoms with van der Waals surface area (Å²) < 4.78 is 13.0. The van der Waals surface area contributed by atoms with Gasteiger partial charge >= 0.3 is 0 Å². The lowest BCUT2D eigenvalue weighted by atomic mass is 9.93. The number of carbonyl (C=O) groups excluding carboxylic acids is 1. The molecule has 0 radical (unpaired) electrons. The molecule has 1 fully saturated rings. The topological polar surface area (TPSA) is 55.1 Å². The summed E-state index contributed by atoms with van der Waals surface area (Å²) in [7, 11) is 0. The Bertz CT molecular complexity index is 648. The molecular weight excluding hydrogens is 255 g/mol. The molecule has 0 spiro atoms. The first-order valence-electron chi connectivity index (χ1n) is 6.60. The molecule has 3 rings (SSSR count). The van der Waals surface area contributed by atoms with E-state index < -0.39 is 0 Å². The Hall–Kier alpha value is -2.20. The molecular formula is C16H15FN2O. The van der Waals surface area contributed by atoms with Gasteiger partial charge < -0.3 is 0 Å². The largest absolute Gasteiger partial charge is 0.290 e. The van der Waals surface area contributed by atoms with Crippen molar-refractivity contribution in [3.8, 4) is 11.1 Å². The molecule has 0 aromatic heterocycles. The quantitative estimate of drug-likeness (QED) is 0.512. The monoisotopic (exact) mass is 270 g/mol. The second kappa shape index (κ2) is 5.06. The maximum atomic E-state index is 13.0. The maximum absolute atomic E-state index is 13.0. The summed E-state index contributed by atoms with van der Waals surface area (Å²) in [5, 5.41) is 0. The number of carbonyl (C=O) groups is 1. The van der Waals surface area contributed by atoms with Crippen molar-refractivity contribution in [2.24, 2.45) is 5.84 Å². The van der Waals surface area contributed by atoms with Crippen LogP contribution >= 0.6 is 0 Å². The second-order valence-corrected chi connectivity index (χ2v) is 5.02. The van der Waals surface area contributed by atoms with Gasteiger partial charge in [-0.15, -0.1) is 0 Å². The summed E-state index contributed by atoms with van der Waals surface area (Å²) in [6, 6.07) is 11.9. The van der Waals surface area contributed by atoms with E-state index in [0.717, 1.165) is 29.5 Å². The van der Waals surface area contributed by atoms with E-state index in [0.29, 0.717) is 11.5 Å². The average molecular weight is 270 g/mol. The third kappa shape index (κ3) is 2.30. The molecule has 0 aliphatic heterocycles. The SMILES string of the molecule is NNC(=O)c1c(-c2ccc(F)cc2)cccc1C1CC1. The fraction of sp³-hybridized carbons (Fsp3) is 0.188. The summed E-state index contributed by atoms with van der Waals surface area (Å²) in [6.45, 7) is 0. The minimum absolute atomic E-state index is 0.295. The van der Waals surface area contributed by atoms with Gasteiger partial charge in [-0.05, 0) is 47.6 Å². The highest BCUT2D eigenvalue weighted by molar-refractivity contribution is 6.02. The Labute approximate surface area is 116 Å². The number of benzene rings is 2. The number of rotatable bonds is 3. The molecule has 3 N–H and O–H groups in total. The Kier molecular flexibility index (Phi) is 3.24. The Morgan fingerprint density at radius 2 is 1.85 bits per heavy atom. The normalized spacial score (nSPS) is 14.1. The average Bonchev–Trinajstić information content (AvgIpc) is 3.31. The van der Waals surface area contributed by atoms with Crippen LogP contribution in [0.3, 0.4) is 0 Å². The molecule has 0 atom stereocenters. The number of hydrazine groups is 1. The third-order valence-electron chi connectivity index (χ3n) is 3.63.